The number of aryl methyl sites for hydroxylation is 1. The molecular weight excluding hydrogens is 283 g/mol. The summed E-state index contributed by atoms with van der Waals surface area (Å²) in [5, 5.41) is 1.02. The lowest BCUT2D eigenvalue weighted by Gasteiger charge is -2.13. The van der Waals surface area contributed by atoms with Crippen molar-refractivity contribution in [2.24, 2.45) is 5.84 Å². The molecule has 18 heavy (non-hydrogen) atoms. The molecule has 0 fully saturated rings. The van der Waals surface area contributed by atoms with Crippen LogP contribution < -0.4 is 11.3 Å². The summed E-state index contributed by atoms with van der Waals surface area (Å²) < 4.78 is 37.5. The number of alkyl halides is 3. The zero-order chi connectivity index (χ0) is 13.3. The van der Waals surface area contributed by atoms with E-state index >= 15 is 0 Å². The monoisotopic (exact) mass is 293 g/mol. The van der Waals surface area contributed by atoms with Crippen LogP contribution in [0.4, 0.5) is 13.2 Å². The second-order valence-corrected chi connectivity index (χ2v) is 5.64. The fraction of sp³-hybridized carbons (Fsp3) is 0.300. The predicted molar refractivity (Wildman–Crippen MR) is 65.3 cm³/mol. The minimum absolute atomic E-state index is 0.446. The normalized spacial score (nSPS) is 13.8. The quantitative estimate of drug-likeness (QED) is 0.675. The van der Waals surface area contributed by atoms with E-state index in [0.29, 0.717) is 16.2 Å². The van der Waals surface area contributed by atoms with Crippen LogP contribution in [0.15, 0.2) is 17.6 Å². The van der Waals surface area contributed by atoms with Crippen LogP contribution in [0.5, 0.6) is 0 Å². The van der Waals surface area contributed by atoms with Crippen LogP contribution in [0.25, 0.3) is 0 Å². The van der Waals surface area contributed by atoms with Crippen molar-refractivity contribution in [3.8, 4) is 0 Å². The molecule has 2 aromatic heterocycles. The summed E-state index contributed by atoms with van der Waals surface area (Å²) in [6.45, 7) is 1.89. The predicted octanol–water partition coefficient (Wildman–Crippen LogP) is 3.08. The highest BCUT2D eigenvalue weighted by molar-refractivity contribution is 7.12. The van der Waals surface area contributed by atoms with Gasteiger partial charge in [0.1, 0.15) is 0 Å². The Balaban J connectivity index is 2.35. The third kappa shape index (κ3) is 2.56. The maximum Gasteiger partial charge on any atom is 0.443 e. The molecule has 1 atom stereocenters. The lowest BCUT2D eigenvalue weighted by Crippen LogP contribution is -2.28. The van der Waals surface area contributed by atoms with Crippen LogP contribution in [0, 0.1) is 6.92 Å². The molecule has 0 bridgehead atoms. The Hall–Kier alpha value is -0.960. The molecule has 0 aliphatic carbocycles. The molecular formula is C10H10F3N3S2. The minimum atomic E-state index is -4.41. The number of nitrogens with zero attached hydrogens (tertiary/aromatic N) is 1. The van der Waals surface area contributed by atoms with E-state index in [1.54, 1.807) is 0 Å². The summed E-state index contributed by atoms with van der Waals surface area (Å²) in [5.41, 5.74) is 3.53. The molecule has 1 unspecified atom stereocenters. The van der Waals surface area contributed by atoms with Crippen LogP contribution in [-0.4, -0.2) is 4.98 Å². The van der Waals surface area contributed by atoms with Gasteiger partial charge in [-0.15, -0.1) is 22.7 Å². The maximum atomic E-state index is 12.5. The van der Waals surface area contributed by atoms with Gasteiger partial charge >= 0.3 is 6.18 Å². The SMILES string of the molecule is Cc1ccsc1C(NN)c1cnc(C(F)(F)F)s1. The molecule has 8 heteroatoms. The molecule has 0 spiro atoms. The zero-order valence-electron chi connectivity index (χ0n) is 9.28. The number of nitrogens with two attached hydrogens (primary N) is 1. The van der Waals surface area contributed by atoms with Crippen LogP contribution >= 0.6 is 22.7 Å². The lowest BCUT2D eigenvalue weighted by atomic mass is 10.1. The molecule has 0 aliphatic rings. The summed E-state index contributed by atoms with van der Waals surface area (Å²) in [4.78, 5) is 4.75. The second kappa shape index (κ2) is 4.96. The van der Waals surface area contributed by atoms with E-state index in [2.05, 4.69) is 10.4 Å². The first-order valence-electron chi connectivity index (χ1n) is 4.96. The van der Waals surface area contributed by atoms with Crippen molar-refractivity contribution in [3.05, 3.63) is 38.0 Å². The summed E-state index contributed by atoms with van der Waals surface area (Å²) >= 11 is 2.06. The van der Waals surface area contributed by atoms with Crippen molar-refractivity contribution in [2.75, 3.05) is 0 Å². The van der Waals surface area contributed by atoms with Crippen molar-refractivity contribution in [3.63, 3.8) is 0 Å². The van der Waals surface area contributed by atoms with Crippen molar-refractivity contribution >= 4 is 22.7 Å². The minimum Gasteiger partial charge on any atom is -0.271 e. The number of aromatic nitrogens is 1. The molecule has 2 heterocycles. The van der Waals surface area contributed by atoms with Gasteiger partial charge in [0.15, 0.2) is 5.01 Å². The van der Waals surface area contributed by atoms with Gasteiger partial charge in [0.05, 0.1) is 6.04 Å². The summed E-state index contributed by atoms with van der Waals surface area (Å²) in [5.74, 6) is 5.44. The van der Waals surface area contributed by atoms with Gasteiger partial charge in [0, 0.05) is 16.0 Å². The third-order valence-corrected chi connectivity index (χ3v) is 4.57. The van der Waals surface area contributed by atoms with Gasteiger partial charge in [-0.05, 0) is 23.9 Å². The highest BCUT2D eigenvalue weighted by atomic mass is 32.1. The van der Waals surface area contributed by atoms with Gasteiger partial charge in [-0.3, -0.25) is 5.84 Å². The average molecular weight is 293 g/mol. The first kappa shape index (κ1) is 13.5. The molecule has 3 nitrogen and oxygen atoms in total. The van der Waals surface area contributed by atoms with Gasteiger partial charge in [-0.2, -0.15) is 13.2 Å². The zero-order valence-corrected chi connectivity index (χ0v) is 10.9. The summed E-state index contributed by atoms with van der Waals surface area (Å²) in [7, 11) is 0. The van der Waals surface area contributed by atoms with Gasteiger partial charge < -0.3 is 0 Å². The number of nitrogens with one attached hydrogen (secondary N) is 1. The van der Waals surface area contributed by atoms with Crippen molar-refractivity contribution < 1.29 is 13.2 Å². The molecule has 2 aromatic rings. The molecule has 0 aliphatic heterocycles. The molecule has 0 radical (unpaired) electrons. The molecule has 3 N–H and O–H groups in total. The van der Waals surface area contributed by atoms with Crippen LogP contribution in [0.1, 0.15) is 26.4 Å². The number of thiophene rings is 1. The number of hydrogen-bond acceptors (Lipinski definition) is 5. The van der Waals surface area contributed by atoms with E-state index in [4.69, 9.17) is 5.84 Å². The number of thiazole rings is 1. The van der Waals surface area contributed by atoms with Crippen LogP contribution in [-0.2, 0) is 6.18 Å². The van der Waals surface area contributed by atoms with E-state index in [0.717, 1.165) is 10.4 Å². The van der Waals surface area contributed by atoms with Gasteiger partial charge in [0.2, 0.25) is 0 Å². The largest absolute Gasteiger partial charge is 0.443 e. The second-order valence-electron chi connectivity index (χ2n) is 3.63. The molecule has 0 amide bonds. The number of halogens is 3. The Kier molecular flexibility index (Phi) is 3.71. The van der Waals surface area contributed by atoms with Crippen molar-refractivity contribution in [1.82, 2.24) is 10.4 Å². The van der Waals surface area contributed by atoms with Gasteiger partial charge in [-0.1, -0.05) is 0 Å². The Morgan fingerprint density at radius 3 is 2.61 bits per heavy atom. The smallest absolute Gasteiger partial charge is 0.271 e. The van der Waals surface area contributed by atoms with E-state index in [1.165, 1.54) is 17.5 Å². The van der Waals surface area contributed by atoms with Crippen molar-refractivity contribution in [1.29, 1.82) is 0 Å². The lowest BCUT2D eigenvalue weighted by molar-refractivity contribution is -0.137. The Morgan fingerprint density at radius 1 is 1.44 bits per heavy atom. The fourth-order valence-electron chi connectivity index (χ4n) is 1.52. The molecule has 0 aromatic carbocycles. The number of hydrogen-bond donors (Lipinski definition) is 2. The van der Waals surface area contributed by atoms with Crippen molar-refractivity contribution in [2.45, 2.75) is 19.1 Å². The number of rotatable bonds is 3. The summed E-state index contributed by atoms with van der Waals surface area (Å²) in [6, 6.07) is 1.45. The van der Waals surface area contributed by atoms with Gasteiger partial charge in [-0.25, -0.2) is 10.4 Å². The van der Waals surface area contributed by atoms with E-state index < -0.39 is 17.2 Å². The van der Waals surface area contributed by atoms with E-state index in [1.807, 2.05) is 18.4 Å². The third-order valence-electron chi connectivity index (χ3n) is 2.38. The highest BCUT2D eigenvalue weighted by Gasteiger charge is 2.35. The highest BCUT2D eigenvalue weighted by Crippen LogP contribution is 2.37. The topological polar surface area (TPSA) is 50.9 Å². The van der Waals surface area contributed by atoms with E-state index in [-0.39, 0.29) is 0 Å². The Morgan fingerprint density at radius 2 is 2.17 bits per heavy atom. The Bertz CT molecular complexity index is 532. The average Bonchev–Trinajstić information content (AvgIpc) is 2.89. The molecule has 2 rings (SSSR count). The van der Waals surface area contributed by atoms with Gasteiger partial charge in [0.25, 0.3) is 0 Å². The Labute approximate surface area is 109 Å². The van der Waals surface area contributed by atoms with Crippen LogP contribution in [0.2, 0.25) is 0 Å². The molecule has 0 saturated heterocycles. The maximum absolute atomic E-state index is 12.5. The molecule has 98 valence electrons. The first-order chi connectivity index (χ1) is 8.43. The standard InChI is InChI=1S/C10H10F3N3S2/c1-5-2-3-17-8(5)7(16-14)6-4-15-9(18-6)10(11,12)13/h2-4,7,16H,14H2,1H3. The van der Waals surface area contributed by atoms with E-state index in [9.17, 15) is 13.2 Å². The fourth-order valence-corrected chi connectivity index (χ4v) is 3.45. The molecule has 0 saturated carbocycles. The van der Waals surface area contributed by atoms with Crippen LogP contribution in [0.3, 0.4) is 0 Å². The first-order valence-corrected chi connectivity index (χ1v) is 6.66. The number of hydrazine groups is 1. The summed E-state index contributed by atoms with van der Waals surface area (Å²) in [6.07, 6.45) is -3.19.